The summed E-state index contributed by atoms with van der Waals surface area (Å²) in [5, 5.41) is 9.54. The summed E-state index contributed by atoms with van der Waals surface area (Å²) in [6, 6.07) is 5.78. The largest absolute Gasteiger partial charge is 0.292 e. The number of carbonyl (C=O) groups is 1. The average molecular weight is 332 g/mol. The lowest BCUT2D eigenvalue weighted by molar-refractivity contribution is -0.117. The third-order valence-electron chi connectivity index (χ3n) is 3.86. The number of benzene rings is 1. The Balaban J connectivity index is 1.56. The van der Waals surface area contributed by atoms with Gasteiger partial charge >= 0.3 is 0 Å². The molecule has 2 aromatic rings. The maximum atomic E-state index is 13.0. The summed E-state index contributed by atoms with van der Waals surface area (Å²) < 4.78 is 13.0. The molecular weight excluding hydrogens is 311 g/mol. The van der Waals surface area contributed by atoms with Crippen LogP contribution in [0.4, 0.5) is 10.3 Å². The Hall–Kier alpha value is -2.32. The van der Waals surface area contributed by atoms with Crippen molar-refractivity contribution >= 4 is 11.9 Å². The topological polar surface area (TPSA) is 94.7 Å². The number of nitrogens with one attached hydrogen (secondary N) is 4. The van der Waals surface area contributed by atoms with Crippen LogP contribution in [0.15, 0.2) is 24.3 Å². The number of nitrogens with zero attached hydrogens (tertiary/aromatic N) is 2. The Morgan fingerprint density at radius 3 is 2.79 bits per heavy atom. The molecule has 128 valence electrons. The van der Waals surface area contributed by atoms with Gasteiger partial charge in [-0.15, -0.1) is 5.10 Å². The Kier molecular flexibility index (Phi) is 4.86. The molecule has 1 aliphatic rings. The Morgan fingerprint density at radius 1 is 1.33 bits per heavy atom. The summed E-state index contributed by atoms with van der Waals surface area (Å²) in [5.74, 6) is 1.01. The van der Waals surface area contributed by atoms with Crippen molar-refractivity contribution in [2.24, 2.45) is 5.92 Å². The van der Waals surface area contributed by atoms with Crippen LogP contribution in [-0.2, 0) is 11.2 Å². The Morgan fingerprint density at radius 2 is 2.08 bits per heavy atom. The number of halogens is 1. The third-order valence-corrected chi connectivity index (χ3v) is 3.86. The summed E-state index contributed by atoms with van der Waals surface area (Å²) in [4.78, 5) is 16.6. The number of carbonyl (C=O) groups excluding carboxylic acids is 1. The highest BCUT2D eigenvalue weighted by Crippen LogP contribution is 2.22. The molecule has 1 saturated heterocycles. The molecule has 1 amide bonds. The molecule has 4 N–H and O–H groups in total. The maximum absolute atomic E-state index is 13.0. The standard InChI is InChI=1S/C16H21FN6O/c1-9(2)7-14-18-16(23-22-14)19-15(24)13-8-12(20-21-13)10-3-5-11(17)6-4-10/h3-6,9,12-13,20-21H,7-8H2,1-2H3,(H2,18,19,22,23,24). The minimum atomic E-state index is -0.410. The Bertz CT molecular complexity index is 699. The van der Waals surface area contributed by atoms with Crippen LogP contribution in [0.2, 0.25) is 0 Å². The van der Waals surface area contributed by atoms with Crippen molar-refractivity contribution in [3.8, 4) is 0 Å². The molecular formula is C16H21FN6O. The van der Waals surface area contributed by atoms with E-state index in [1.165, 1.54) is 12.1 Å². The van der Waals surface area contributed by atoms with Gasteiger partial charge in [-0.2, -0.15) is 4.98 Å². The molecule has 0 spiro atoms. The molecule has 8 heteroatoms. The zero-order valence-corrected chi connectivity index (χ0v) is 13.6. The van der Waals surface area contributed by atoms with E-state index in [1.807, 2.05) is 0 Å². The fourth-order valence-corrected chi connectivity index (χ4v) is 2.67. The molecule has 7 nitrogen and oxygen atoms in total. The number of hydrazine groups is 1. The lowest BCUT2D eigenvalue weighted by Crippen LogP contribution is -2.39. The van der Waals surface area contributed by atoms with E-state index < -0.39 is 6.04 Å². The van der Waals surface area contributed by atoms with Gasteiger partial charge in [-0.1, -0.05) is 26.0 Å². The first-order chi connectivity index (χ1) is 11.5. The lowest BCUT2D eigenvalue weighted by atomic mass is 10.0. The minimum Gasteiger partial charge on any atom is -0.292 e. The maximum Gasteiger partial charge on any atom is 0.248 e. The molecule has 1 aromatic heterocycles. The molecule has 2 unspecified atom stereocenters. The number of rotatable bonds is 5. The monoisotopic (exact) mass is 332 g/mol. The van der Waals surface area contributed by atoms with E-state index in [9.17, 15) is 9.18 Å². The number of aromatic amines is 1. The van der Waals surface area contributed by atoms with Gasteiger partial charge in [0.2, 0.25) is 11.9 Å². The average Bonchev–Trinajstić information content (AvgIpc) is 3.17. The molecule has 1 aromatic carbocycles. The second kappa shape index (κ2) is 7.06. The van der Waals surface area contributed by atoms with Gasteiger partial charge in [-0.3, -0.25) is 15.2 Å². The number of anilines is 1. The van der Waals surface area contributed by atoms with E-state index in [2.05, 4.69) is 45.2 Å². The summed E-state index contributed by atoms with van der Waals surface area (Å²) in [6.45, 7) is 4.18. The zero-order valence-electron chi connectivity index (χ0n) is 13.6. The number of hydrogen-bond acceptors (Lipinski definition) is 5. The van der Waals surface area contributed by atoms with Crippen molar-refractivity contribution < 1.29 is 9.18 Å². The molecule has 1 fully saturated rings. The second-order valence-electron chi connectivity index (χ2n) is 6.37. The van der Waals surface area contributed by atoms with Gasteiger partial charge in [-0.05, 0) is 30.0 Å². The van der Waals surface area contributed by atoms with Gasteiger partial charge in [0.15, 0.2) is 0 Å². The van der Waals surface area contributed by atoms with Crippen molar-refractivity contribution in [2.45, 2.75) is 38.8 Å². The van der Waals surface area contributed by atoms with Crippen LogP contribution in [0.1, 0.15) is 37.7 Å². The number of aromatic nitrogens is 3. The van der Waals surface area contributed by atoms with Crippen molar-refractivity contribution in [1.82, 2.24) is 26.0 Å². The predicted molar refractivity (Wildman–Crippen MR) is 87.4 cm³/mol. The quantitative estimate of drug-likeness (QED) is 0.668. The van der Waals surface area contributed by atoms with Crippen molar-refractivity contribution in [3.63, 3.8) is 0 Å². The van der Waals surface area contributed by atoms with Crippen LogP contribution in [-0.4, -0.2) is 27.1 Å². The van der Waals surface area contributed by atoms with Crippen molar-refractivity contribution in [1.29, 1.82) is 0 Å². The summed E-state index contributed by atoms with van der Waals surface area (Å²) in [5.41, 5.74) is 6.94. The molecule has 0 saturated carbocycles. The van der Waals surface area contributed by atoms with E-state index >= 15 is 0 Å². The fourth-order valence-electron chi connectivity index (χ4n) is 2.67. The van der Waals surface area contributed by atoms with Gasteiger partial charge in [0.05, 0.1) is 0 Å². The lowest BCUT2D eigenvalue weighted by Gasteiger charge is -2.09. The fraction of sp³-hybridized carbons (Fsp3) is 0.438. The van der Waals surface area contributed by atoms with E-state index in [-0.39, 0.29) is 23.7 Å². The van der Waals surface area contributed by atoms with Gasteiger partial charge < -0.3 is 0 Å². The molecule has 2 heterocycles. The number of H-pyrrole nitrogens is 1. The van der Waals surface area contributed by atoms with Crippen LogP contribution in [0, 0.1) is 11.7 Å². The van der Waals surface area contributed by atoms with Crippen LogP contribution in [0.25, 0.3) is 0 Å². The summed E-state index contributed by atoms with van der Waals surface area (Å²) >= 11 is 0. The second-order valence-corrected chi connectivity index (χ2v) is 6.37. The van der Waals surface area contributed by atoms with E-state index in [0.29, 0.717) is 12.3 Å². The van der Waals surface area contributed by atoms with Gasteiger partial charge in [0.25, 0.3) is 0 Å². The normalized spacial score (nSPS) is 20.5. The molecule has 0 radical (unpaired) electrons. The van der Waals surface area contributed by atoms with Crippen LogP contribution >= 0.6 is 0 Å². The number of amides is 1. The first-order valence-corrected chi connectivity index (χ1v) is 8.00. The first-order valence-electron chi connectivity index (χ1n) is 8.00. The van der Waals surface area contributed by atoms with Crippen molar-refractivity contribution in [2.75, 3.05) is 5.32 Å². The molecule has 3 rings (SSSR count). The third kappa shape index (κ3) is 3.95. The van der Waals surface area contributed by atoms with Crippen LogP contribution in [0.5, 0.6) is 0 Å². The van der Waals surface area contributed by atoms with Crippen LogP contribution in [0.3, 0.4) is 0 Å². The first kappa shape index (κ1) is 16.5. The van der Waals surface area contributed by atoms with Gasteiger partial charge in [0.1, 0.15) is 17.7 Å². The molecule has 0 aliphatic carbocycles. The highest BCUT2D eigenvalue weighted by atomic mass is 19.1. The Labute approximate surface area is 139 Å². The molecule has 2 atom stereocenters. The molecule has 24 heavy (non-hydrogen) atoms. The van der Waals surface area contributed by atoms with Crippen LogP contribution < -0.4 is 16.2 Å². The SMILES string of the molecule is CC(C)Cc1nc(NC(=O)C2CC(c3ccc(F)cc3)NN2)n[nH]1. The highest BCUT2D eigenvalue weighted by Gasteiger charge is 2.30. The smallest absolute Gasteiger partial charge is 0.248 e. The molecule has 1 aliphatic heterocycles. The summed E-state index contributed by atoms with van der Waals surface area (Å²) in [6.07, 6.45) is 1.33. The highest BCUT2D eigenvalue weighted by molar-refractivity contribution is 5.93. The zero-order chi connectivity index (χ0) is 17.1. The number of hydrogen-bond donors (Lipinski definition) is 4. The minimum absolute atomic E-state index is 0.0509. The van der Waals surface area contributed by atoms with Gasteiger partial charge in [-0.25, -0.2) is 15.2 Å². The van der Waals surface area contributed by atoms with Crippen molar-refractivity contribution in [3.05, 3.63) is 41.5 Å². The van der Waals surface area contributed by atoms with E-state index in [0.717, 1.165) is 17.8 Å². The summed E-state index contributed by atoms with van der Waals surface area (Å²) in [7, 11) is 0. The van der Waals surface area contributed by atoms with Gasteiger partial charge in [0, 0.05) is 12.5 Å². The predicted octanol–water partition coefficient (Wildman–Crippen LogP) is 1.69. The van der Waals surface area contributed by atoms with E-state index in [4.69, 9.17) is 0 Å². The van der Waals surface area contributed by atoms with E-state index in [1.54, 1.807) is 12.1 Å². The molecule has 0 bridgehead atoms.